The summed E-state index contributed by atoms with van der Waals surface area (Å²) in [6.07, 6.45) is 8.42. The molecule has 1 amide bonds. The number of ether oxygens (including phenoxy) is 1. The Balaban J connectivity index is 1.25. The Hall–Kier alpha value is -2.82. The summed E-state index contributed by atoms with van der Waals surface area (Å²) in [5.74, 6) is 3.21. The highest BCUT2D eigenvalue weighted by Gasteiger charge is 2.28. The number of aryl methyl sites for hydroxylation is 3. The molecular formula is C30H41N3O2. The third-order valence-corrected chi connectivity index (χ3v) is 6.88. The maximum absolute atomic E-state index is 11.8. The van der Waals surface area contributed by atoms with Crippen molar-refractivity contribution in [1.29, 1.82) is 0 Å². The number of benzene rings is 2. The molecule has 5 nitrogen and oxygen atoms in total. The highest BCUT2D eigenvalue weighted by molar-refractivity contribution is 5.80. The van der Waals surface area contributed by atoms with Gasteiger partial charge in [0.25, 0.3) is 0 Å². The first-order valence-corrected chi connectivity index (χ1v) is 13.5. The number of rotatable bonds is 14. The quantitative estimate of drug-likeness (QED) is 0.268. The maximum atomic E-state index is 11.8. The molecule has 5 heteroatoms. The topological polar surface area (TPSA) is 56.1 Å². The molecule has 0 radical (unpaired) electrons. The number of carbonyl (C=O) groups excluding carboxylic acids is 1. The van der Waals surface area contributed by atoms with Gasteiger partial charge in [0.15, 0.2) is 0 Å². The third kappa shape index (κ3) is 7.09. The molecule has 2 aromatic carbocycles. The fraction of sp³-hybridized carbons (Fsp3) is 0.533. The average molecular weight is 476 g/mol. The minimum Gasteiger partial charge on any atom is -0.493 e. The number of nitrogens with one attached hydrogen (secondary N) is 1. The van der Waals surface area contributed by atoms with Crippen LogP contribution in [0.3, 0.4) is 0 Å². The van der Waals surface area contributed by atoms with Crippen molar-refractivity contribution in [2.24, 2.45) is 5.92 Å². The van der Waals surface area contributed by atoms with Gasteiger partial charge in [-0.3, -0.25) is 4.79 Å². The highest BCUT2D eigenvalue weighted by Crippen LogP contribution is 2.29. The molecular weight excluding hydrogens is 434 g/mol. The first-order valence-electron chi connectivity index (χ1n) is 13.5. The molecule has 0 aliphatic heterocycles. The van der Waals surface area contributed by atoms with Crippen LogP contribution in [0.5, 0.6) is 5.75 Å². The smallest absolute Gasteiger partial charge is 0.223 e. The number of aromatic nitrogens is 2. The molecule has 1 saturated carbocycles. The number of hydrogen-bond acceptors (Lipinski definition) is 3. The number of hydrogen-bond donors (Lipinski definition) is 1. The fourth-order valence-corrected chi connectivity index (χ4v) is 4.65. The van der Waals surface area contributed by atoms with Crippen molar-refractivity contribution in [3.8, 4) is 5.75 Å². The average Bonchev–Trinajstić information content (AvgIpc) is 3.63. The second-order valence-corrected chi connectivity index (χ2v) is 10.3. The van der Waals surface area contributed by atoms with E-state index in [-0.39, 0.29) is 5.91 Å². The minimum absolute atomic E-state index is 0.249. The number of fused-ring (bicyclic) bond motifs is 1. The van der Waals surface area contributed by atoms with Gasteiger partial charge in [0.2, 0.25) is 5.91 Å². The molecule has 1 heterocycles. The van der Waals surface area contributed by atoms with Gasteiger partial charge in [-0.2, -0.15) is 0 Å². The minimum atomic E-state index is 0.249. The Morgan fingerprint density at radius 3 is 2.71 bits per heavy atom. The molecule has 0 spiro atoms. The van der Waals surface area contributed by atoms with Gasteiger partial charge in [0.05, 0.1) is 17.6 Å². The third-order valence-electron chi connectivity index (χ3n) is 6.88. The molecule has 1 N–H and O–H groups in total. The molecule has 4 rings (SSSR count). The van der Waals surface area contributed by atoms with Crippen molar-refractivity contribution in [3.05, 3.63) is 59.4 Å². The van der Waals surface area contributed by atoms with Crippen molar-refractivity contribution in [3.63, 3.8) is 0 Å². The predicted octanol–water partition coefficient (Wildman–Crippen LogP) is 6.57. The van der Waals surface area contributed by atoms with Crippen LogP contribution in [0.4, 0.5) is 0 Å². The van der Waals surface area contributed by atoms with Gasteiger partial charge in [0, 0.05) is 25.4 Å². The molecule has 35 heavy (non-hydrogen) atoms. The number of nitrogens with zero attached hydrogens (tertiary/aromatic N) is 2. The number of para-hydroxylation sites is 2. The number of imidazole rings is 1. The van der Waals surface area contributed by atoms with Crippen LogP contribution in [0.25, 0.3) is 11.0 Å². The summed E-state index contributed by atoms with van der Waals surface area (Å²) in [5.41, 5.74) is 4.83. The molecule has 0 unspecified atom stereocenters. The maximum Gasteiger partial charge on any atom is 0.223 e. The molecule has 0 atom stereocenters. The number of amides is 1. The van der Waals surface area contributed by atoms with Gasteiger partial charge >= 0.3 is 0 Å². The Labute approximate surface area is 210 Å². The van der Waals surface area contributed by atoms with E-state index in [0.717, 1.165) is 82.3 Å². The van der Waals surface area contributed by atoms with E-state index < -0.39 is 0 Å². The van der Waals surface area contributed by atoms with E-state index in [9.17, 15) is 4.79 Å². The SMILES string of the molecule is Cc1ccc(C(C)C)c(OCCCCn2c(CCCCCNC(=O)C3CC3)nc3ccccc32)c1. The van der Waals surface area contributed by atoms with E-state index in [4.69, 9.17) is 9.72 Å². The van der Waals surface area contributed by atoms with Crippen LogP contribution < -0.4 is 10.1 Å². The first kappa shape index (κ1) is 25.3. The van der Waals surface area contributed by atoms with Gasteiger partial charge in [-0.1, -0.05) is 44.5 Å². The van der Waals surface area contributed by atoms with Crippen molar-refractivity contribution in [2.75, 3.05) is 13.2 Å². The molecule has 3 aromatic rings. The summed E-state index contributed by atoms with van der Waals surface area (Å²) in [7, 11) is 0. The van der Waals surface area contributed by atoms with Crippen LogP contribution in [0.1, 0.15) is 81.7 Å². The second kappa shape index (κ2) is 12.2. The van der Waals surface area contributed by atoms with Crippen LogP contribution in [-0.2, 0) is 17.8 Å². The van der Waals surface area contributed by atoms with Gasteiger partial charge in [-0.05, 0) is 80.7 Å². The van der Waals surface area contributed by atoms with Crippen LogP contribution in [-0.4, -0.2) is 28.6 Å². The zero-order valence-corrected chi connectivity index (χ0v) is 21.7. The van der Waals surface area contributed by atoms with Crippen molar-refractivity contribution < 1.29 is 9.53 Å². The zero-order chi connectivity index (χ0) is 24.6. The Kier molecular flexibility index (Phi) is 8.84. The Bertz CT molecular complexity index is 1110. The van der Waals surface area contributed by atoms with Gasteiger partial charge in [0.1, 0.15) is 11.6 Å². The van der Waals surface area contributed by atoms with Crippen LogP contribution >= 0.6 is 0 Å². The predicted molar refractivity (Wildman–Crippen MR) is 143 cm³/mol. The highest BCUT2D eigenvalue weighted by atomic mass is 16.5. The lowest BCUT2D eigenvalue weighted by molar-refractivity contribution is -0.122. The summed E-state index contributed by atoms with van der Waals surface area (Å²) in [5, 5.41) is 3.07. The molecule has 0 saturated heterocycles. The van der Waals surface area contributed by atoms with E-state index in [0.29, 0.717) is 11.8 Å². The van der Waals surface area contributed by atoms with Crippen LogP contribution in [0.15, 0.2) is 42.5 Å². The molecule has 1 fully saturated rings. The van der Waals surface area contributed by atoms with Crippen molar-refractivity contribution in [1.82, 2.24) is 14.9 Å². The van der Waals surface area contributed by atoms with Crippen molar-refractivity contribution >= 4 is 16.9 Å². The fourth-order valence-electron chi connectivity index (χ4n) is 4.65. The Morgan fingerprint density at radius 2 is 1.91 bits per heavy atom. The molecule has 1 aromatic heterocycles. The molecule has 188 valence electrons. The van der Waals surface area contributed by atoms with E-state index in [1.54, 1.807) is 0 Å². The Morgan fingerprint density at radius 1 is 1.09 bits per heavy atom. The number of carbonyl (C=O) groups is 1. The number of unbranched alkanes of at least 4 members (excludes halogenated alkanes) is 3. The van der Waals surface area contributed by atoms with Gasteiger partial charge < -0.3 is 14.6 Å². The van der Waals surface area contributed by atoms with E-state index in [1.807, 2.05) is 0 Å². The first-order chi connectivity index (χ1) is 17.0. The summed E-state index contributed by atoms with van der Waals surface area (Å²) in [6, 6.07) is 15.0. The molecule has 1 aliphatic rings. The van der Waals surface area contributed by atoms with E-state index >= 15 is 0 Å². The van der Waals surface area contributed by atoms with E-state index in [1.165, 1.54) is 22.5 Å². The lowest BCUT2D eigenvalue weighted by atomic mass is 10.0. The van der Waals surface area contributed by atoms with Crippen molar-refractivity contribution in [2.45, 2.75) is 84.6 Å². The van der Waals surface area contributed by atoms with Crippen LogP contribution in [0.2, 0.25) is 0 Å². The van der Waals surface area contributed by atoms with E-state index in [2.05, 4.69) is 73.1 Å². The van der Waals surface area contributed by atoms with Gasteiger partial charge in [-0.25, -0.2) is 4.98 Å². The van der Waals surface area contributed by atoms with Gasteiger partial charge in [-0.15, -0.1) is 0 Å². The molecule has 1 aliphatic carbocycles. The largest absolute Gasteiger partial charge is 0.493 e. The summed E-state index contributed by atoms with van der Waals surface area (Å²) in [6.45, 7) is 9.04. The zero-order valence-electron chi connectivity index (χ0n) is 21.7. The standard InChI is InChI=1S/C30H41N3O2/c1-22(2)25-17-14-23(3)21-28(25)35-20-10-9-19-33-27-12-7-6-11-26(27)32-29(33)13-5-4-8-18-31-30(34)24-15-16-24/h6-7,11-12,14,17,21-22,24H,4-5,8-10,13,15-16,18-20H2,1-3H3,(H,31,34). The second-order valence-electron chi connectivity index (χ2n) is 10.3. The lowest BCUT2D eigenvalue weighted by Crippen LogP contribution is -2.25. The normalized spacial score (nSPS) is 13.5. The summed E-state index contributed by atoms with van der Waals surface area (Å²) < 4.78 is 8.60. The molecule has 0 bridgehead atoms. The summed E-state index contributed by atoms with van der Waals surface area (Å²) in [4.78, 5) is 16.7. The van der Waals surface area contributed by atoms with Crippen LogP contribution in [0, 0.1) is 12.8 Å². The summed E-state index contributed by atoms with van der Waals surface area (Å²) >= 11 is 0. The monoisotopic (exact) mass is 475 g/mol. The lowest BCUT2D eigenvalue weighted by Gasteiger charge is -2.15.